The minimum Gasteiger partial charge on any atom is -0.375 e. The summed E-state index contributed by atoms with van der Waals surface area (Å²) in [7, 11) is 0. The minimum atomic E-state index is 0.638. The Morgan fingerprint density at radius 2 is 1.67 bits per heavy atom. The average molecular weight is 126 g/mol. The summed E-state index contributed by atoms with van der Waals surface area (Å²) in [4.78, 5) is 0. The highest BCUT2D eigenvalue weighted by Gasteiger charge is 2.32. The number of hydrogen-bond donors (Lipinski definition) is 0. The molecular weight excluding hydrogens is 112 g/mol. The molecule has 0 aliphatic carbocycles. The number of ether oxygens (including phenoxy) is 1. The minimum absolute atomic E-state index is 0.638. The van der Waals surface area contributed by atoms with E-state index in [0.717, 1.165) is 5.92 Å². The van der Waals surface area contributed by atoms with Crippen LogP contribution in [0.5, 0.6) is 0 Å². The second-order valence-electron chi connectivity index (χ2n) is 3.53. The second kappa shape index (κ2) is 1.98. The number of fused-ring (bicyclic) bond motifs is 2. The number of hydrogen-bond acceptors (Lipinski definition) is 1. The van der Waals surface area contributed by atoms with E-state index in [1.165, 1.54) is 25.7 Å². The van der Waals surface area contributed by atoms with Crippen molar-refractivity contribution in [3.05, 3.63) is 0 Å². The van der Waals surface area contributed by atoms with Crippen molar-refractivity contribution < 1.29 is 4.74 Å². The lowest BCUT2D eigenvalue weighted by atomic mass is 9.98. The summed E-state index contributed by atoms with van der Waals surface area (Å²) in [5, 5.41) is 0. The van der Waals surface area contributed by atoms with Crippen LogP contribution in [0.15, 0.2) is 0 Å². The molecule has 2 saturated heterocycles. The monoisotopic (exact) mass is 126 g/mol. The molecule has 0 radical (unpaired) electrons. The van der Waals surface area contributed by atoms with Gasteiger partial charge in [-0.25, -0.2) is 0 Å². The molecule has 2 fully saturated rings. The fraction of sp³-hybridized carbons (Fsp3) is 1.00. The third-order valence-electron chi connectivity index (χ3n) is 2.53. The summed E-state index contributed by atoms with van der Waals surface area (Å²) in [6.45, 7) is 2.34. The highest BCUT2D eigenvalue weighted by atomic mass is 16.5. The molecule has 0 N–H and O–H groups in total. The third-order valence-corrected chi connectivity index (χ3v) is 2.53. The van der Waals surface area contributed by atoms with Gasteiger partial charge in [-0.15, -0.1) is 0 Å². The lowest BCUT2D eigenvalue weighted by molar-refractivity contribution is -0.0152. The normalized spacial score (nSPS) is 49.7. The van der Waals surface area contributed by atoms with Crippen molar-refractivity contribution >= 4 is 0 Å². The summed E-state index contributed by atoms with van der Waals surface area (Å²) in [5.41, 5.74) is 0. The van der Waals surface area contributed by atoms with Crippen molar-refractivity contribution in [2.45, 2.75) is 44.8 Å². The van der Waals surface area contributed by atoms with Crippen molar-refractivity contribution in [3.8, 4) is 0 Å². The maximum Gasteiger partial charge on any atom is 0.0582 e. The molecule has 3 atom stereocenters. The van der Waals surface area contributed by atoms with E-state index < -0.39 is 0 Å². The Kier molecular flexibility index (Phi) is 1.26. The van der Waals surface area contributed by atoms with E-state index >= 15 is 0 Å². The summed E-state index contributed by atoms with van der Waals surface area (Å²) in [6.07, 6.45) is 6.56. The van der Waals surface area contributed by atoms with Gasteiger partial charge in [-0.2, -0.15) is 0 Å². The van der Waals surface area contributed by atoms with Crippen LogP contribution in [0.25, 0.3) is 0 Å². The molecule has 0 saturated carbocycles. The SMILES string of the molecule is C[C@@H]1CC2CC[C@H](C1)O2. The van der Waals surface area contributed by atoms with Gasteiger partial charge in [-0.3, -0.25) is 0 Å². The third kappa shape index (κ3) is 0.983. The predicted octanol–water partition coefficient (Wildman–Crippen LogP) is 1.96. The molecule has 1 nitrogen and oxygen atoms in total. The molecule has 2 rings (SSSR count). The van der Waals surface area contributed by atoms with Crippen LogP contribution in [-0.4, -0.2) is 12.2 Å². The number of rotatable bonds is 0. The molecule has 2 heterocycles. The fourth-order valence-electron chi connectivity index (χ4n) is 2.12. The highest BCUT2D eigenvalue weighted by molar-refractivity contribution is 4.82. The molecule has 0 spiro atoms. The van der Waals surface area contributed by atoms with E-state index in [9.17, 15) is 0 Å². The van der Waals surface area contributed by atoms with Gasteiger partial charge in [-0.1, -0.05) is 6.92 Å². The Morgan fingerprint density at radius 3 is 2.22 bits per heavy atom. The van der Waals surface area contributed by atoms with E-state index in [0.29, 0.717) is 12.2 Å². The van der Waals surface area contributed by atoms with Crippen LogP contribution in [0.3, 0.4) is 0 Å². The van der Waals surface area contributed by atoms with Gasteiger partial charge in [-0.05, 0) is 31.6 Å². The summed E-state index contributed by atoms with van der Waals surface area (Å²) in [6, 6.07) is 0. The summed E-state index contributed by atoms with van der Waals surface area (Å²) < 4.78 is 5.67. The van der Waals surface area contributed by atoms with Gasteiger partial charge in [0.25, 0.3) is 0 Å². The summed E-state index contributed by atoms with van der Waals surface area (Å²) in [5.74, 6) is 0.927. The molecule has 0 aromatic rings. The Bertz CT molecular complexity index is 99.1. The second-order valence-corrected chi connectivity index (χ2v) is 3.53. The maximum atomic E-state index is 5.67. The van der Waals surface area contributed by atoms with Crippen LogP contribution in [0, 0.1) is 5.92 Å². The van der Waals surface area contributed by atoms with Gasteiger partial charge in [0.1, 0.15) is 0 Å². The first-order valence-corrected chi connectivity index (χ1v) is 4.00. The molecule has 2 aliphatic rings. The molecule has 2 bridgehead atoms. The van der Waals surface area contributed by atoms with Crippen LogP contribution in [-0.2, 0) is 4.74 Å². The Morgan fingerprint density at radius 1 is 1.11 bits per heavy atom. The van der Waals surface area contributed by atoms with Crippen LogP contribution in [0.4, 0.5) is 0 Å². The first-order chi connectivity index (χ1) is 4.34. The van der Waals surface area contributed by atoms with E-state index in [1.54, 1.807) is 0 Å². The molecule has 0 aromatic heterocycles. The van der Waals surface area contributed by atoms with Gasteiger partial charge in [0.15, 0.2) is 0 Å². The first kappa shape index (κ1) is 5.72. The first-order valence-electron chi connectivity index (χ1n) is 4.00. The Labute approximate surface area is 56.4 Å². The zero-order valence-electron chi connectivity index (χ0n) is 5.97. The molecule has 0 amide bonds. The molecule has 2 aliphatic heterocycles. The van der Waals surface area contributed by atoms with E-state index in [4.69, 9.17) is 4.74 Å². The molecule has 1 heteroatoms. The van der Waals surface area contributed by atoms with Gasteiger partial charge in [0, 0.05) is 0 Å². The molecule has 0 aromatic carbocycles. The lowest BCUT2D eigenvalue weighted by Gasteiger charge is -2.25. The lowest BCUT2D eigenvalue weighted by Crippen LogP contribution is -2.22. The topological polar surface area (TPSA) is 9.23 Å². The fourth-order valence-corrected chi connectivity index (χ4v) is 2.12. The maximum absolute atomic E-state index is 5.67. The Balaban J connectivity index is 2.03. The average Bonchev–Trinajstić information content (AvgIpc) is 2.11. The van der Waals surface area contributed by atoms with E-state index in [2.05, 4.69) is 6.92 Å². The molecule has 1 unspecified atom stereocenters. The standard InChI is InChI=1S/C8H14O/c1-6-4-7-2-3-8(5-6)9-7/h6-8H,2-5H2,1H3/t6-,7+,8?/m0/s1. The Hall–Kier alpha value is -0.0400. The predicted molar refractivity (Wildman–Crippen MR) is 36.3 cm³/mol. The quantitative estimate of drug-likeness (QED) is 0.482. The van der Waals surface area contributed by atoms with Crippen molar-refractivity contribution in [1.29, 1.82) is 0 Å². The van der Waals surface area contributed by atoms with E-state index in [1.807, 2.05) is 0 Å². The van der Waals surface area contributed by atoms with Crippen molar-refractivity contribution in [1.82, 2.24) is 0 Å². The zero-order valence-corrected chi connectivity index (χ0v) is 5.97. The van der Waals surface area contributed by atoms with Gasteiger partial charge < -0.3 is 4.74 Å². The van der Waals surface area contributed by atoms with E-state index in [-0.39, 0.29) is 0 Å². The van der Waals surface area contributed by atoms with Crippen molar-refractivity contribution in [2.75, 3.05) is 0 Å². The van der Waals surface area contributed by atoms with Crippen LogP contribution < -0.4 is 0 Å². The van der Waals surface area contributed by atoms with Crippen LogP contribution in [0.2, 0.25) is 0 Å². The largest absolute Gasteiger partial charge is 0.375 e. The van der Waals surface area contributed by atoms with Gasteiger partial charge in [0.05, 0.1) is 12.2 Å². The van der Waals surface area contributed by atoms with Crippen LogP contribution in [0.1, 0.15) is 32.6 Å². The van der Waals surface area contributed by atoms with Crippen LogP contribution >= 0.6 is 0 Å². The molecular formula is C8H14O. The zero-order chi connectivity index (χ0) is 6.27. The highest BCUT2D eigenvalue weighted by Crippen LogP contribution is 2.35. The van der Waals surface area contributed by atoms with Crippen molar-refractivity contribution in [2.24, 2.45) is 5.92 Å². The van der Waals surface area contributed by atoms with Gasteiger partial charge in [0.2, 0.25) is 0 Å². The molecule has 9 heavy (non-hydrogen) atoms. The van der Waals surface area contributed by atoms with Crippen molar-refractivity contribution in [3.63, 3.8) is 0 Å². The smallest absolute Gasteiger partial charge is 0.0582 e. The summed E-state index contributed by atoms with van der Waals surface area (Å²) >= 11 is 0. The molecule has 52 valence electrons. The van der Waals surface area contributed by atoms with Gasteiger partial charge >= 0.3 is 0 Å².